The number of rotatable bonds is 4. The highest BCUT2D eigenvalue weighted by molar-refractivity contribution is 9.11. The lowest BCUT2D eigenvalue weighted by molar-refractivity contribution is 0.0552. The zero-order valence-corrected chi connectivity index (χ0v) is 8.90. The third kappa shape index (κ3) is 4.24. The van der Waals surface area contributed by atoms with Crippen molar-refractivity contribution in [2.24, 2.45) is 5.92 Å². The van der Waals surface area contributed by atoms with Gasteiger partial charge in [-0.05, 0) is 18.8 Å². The van der Waals surface area contributed by atoms with Gasteiger partial charge in [-0.1, -0.05) is 22.5 Å². The monoisotopic (exact) mass is 233 g/mol. The lowest BCUT2D eigenvalue weighted by Crippen LogP contribution is -2.29. The fraction of sp³-hybridized carbons (Fsp3) is 0.778. The minimum absolute atomic E-state index is 0.700. The second-order valence-corrected chi connectivity index (χ2v) is 4.35. The van der Waals surface area contributed by atoms with Crippen molar-refractivity contribution in [1.29, 1.82) is 0 Å². The van der Waals surface area contributed by atoms with Crippen molar-refractivity contribution < 1.29 is 4.74 Å². The molecule has 2 nitrogen and oxygen atoms in total. The van der Waals surface area contributed by atoms with Crippen molar-refractivity contribution in [3.05, 3.63) is 11.1 Å². The number of ether oxygens (including phenoxy) is 1. The van der Waals surface area contributed by atoms with E-state index in [9.17, 15) is 0 Å². The molecule has 0 spiro atoms. The first-order chi connectivity index (χ1) is 5.79. The van der Waals surface area contributed by atoms with E-state index in [0.717, 1.165) is 30.8 Å². The maximum atomic E-state index is 5.37. The molecule has 3 heteroatoms. The van der Waals surface area contributed by atoms with Gasteiger partial charge in [0.25, 0.3) is 0 Å². The first-order valence-electron chi connectivity index (χ1n) is 4.41. The number of halogens is 1. The molecule has 12 heavy (non-hydrogen) atoms. The second-order valence-electron chi connectivity index (χ2n) is 3.23. The summed E-state index contributed by atoms with van der Waals surface area (Å²) in [4.78, 5) is 0. The molecular weight excluding hydrogens is 218 g/mol. The van der Waals surface area contributed by atoms with Crippen molar-refractivity contribution >= 4 is 15.9 Å². The van der Waals surface area contributed by atoms with Crippen molar-refractivity contribution in [2.75, 3.05) is 26.3 Å². The second kappa shape index (κ2) is 5.73. The Labute approximate surface area is 82.5 Å². The van der Waals surface area contributed by atoms with Crippen LogP contribution in [0.25, 0.3) is 0 Å². The van der Waals surface area contributed by atoms with Crippen molar-refractivity contribution in [2.45, 2.75) is 12.8 Å². The quantitative estimate of drug-likeness (QED) is 0.802. The Kier molecular flexibility index (Phi) is 4.88. The molecule has 1 N–H and O–H groups in total. The average Bonchev–Trinajstić information content (AvgIpc) is 2.05. The average molecular weight is 234 g/mol. The predicted octanol–water partition coefficient (Wildman–Crippen LogP) is 1.91. The van der Waals surface area contributed by atoms with Crippen LogP contribution in [0.15, 0.2) is 11.1 Å². The third-order valence-corrected chi connectivity index (χ3v) is 2.28. The molecule has 0 aromatic rings. The molecule has 1 fully saturated rings. The van der Waals surface area contributed by atoms with Gasteiger partial charge in [-0.15, -0.1) is 0 Å². The summed E-state index contributed by atoms with van der Waals surface area (Å²) < 4.78 is 6.38. The Balaban J connectivity index is 2.01. The van der Waals surface area contributed by atoms with E-state index >= 15 is 0 Å². The Hall–Kier alpha value is 0.140. The summed E-state index contributed by atoms with van der Waals surface area (Å²) in [6, 6.07) is 0. The molecular formula is C9H16BrNO. The zero-order valence-electron chi connectivity index (χ0n) is 7.31. The molecule has 0 aromatic carbocycles. The van der Waals surface area contributed by atoms with Gasteiger partial charge >= 0.3 is 0 Å². The summed E-state index contributed by atoms with van der Waals surface area (Å²) >= 11 is 3.31. The lowest BCUT2D eigenvalue weighted by atomic mass is 10.0. The lowest BCUT2D eigenvalue weighted by Gasteiger charge is -2.22. The van der Waals surface area contributed by atoms with E-state index in [1.54, 1.807) is 0 Å². The van der Waals surface area contributed by atoms with E-state index in [1.807, 2.05) is 0 Å². The van der Waals surface area contributed by atoms with Crippen molar-refractivity contribution in [3.8, 4) is 0 Å². The molecule has 70 valence electrons. The molecule has 0 aromatic heterocycles. The molecule has 1 rings (SSSR count). The predicted molar refractivity (Wildman–Crippen MR) is 54.5 cm³/mol. The SMILES string of the molecule is C=C(Br)CNCC1CCCOC1. The molecule has 1 unspecified atom stereocenters. The van der Waals surface area contributed by atoms with Gasteiger partial charge < -0.3 is 10.1 Å². The molecule has 1 saturated heterocycles. The summed E-state index contributed by atoms with van der Waals surface area (Å²) in [5.41, 5.74) is 0. The molecule has 0 aliphatic carbocycles. The number of nitrogens with one attached hydrogen (secondary N) is 1. The maximum Gasteiger partial charge on any atom is 0.0506 e. The standard InChI is InChI=1S/C9H16BrNO/c1-8(10)5-11-6-9-3-2-4-12-7-9/h9,11H,1-7H2. The summed E-state index contributed by atoms with van der Waals surface area (Å²) in [5.74, 6) is 0.700. The minimum atomic E-state index is 0.700. The fourth-order valence-electron chi connectivity index (χ4n) is 1.38. The van der Waals surface area contributed by atoms with Gasteiger partial charge in [-0.2, -0.15) is 0 Å². The van der Waals surface area contributed by atoms with Gasteiger partial charge in [0.2, 0.25) is 0 Å². The molecule has 0 bridgehead atoms. The van der Waals surface area contributed by atoms with E-state index < -0.39 is 0 Å². The molecule has 0 radical (unpaired) electrons. The highest BCUT2D eigenvalue weighted by Gasteiger charge is 2.12. The van der Waals surface area contributed by atoms with Crippen LogP contribution in [0.1, 0.15) is 12.8 Å². The molecule has 0 amide bonds. The largest absolute Gasteiger partial charge is 0.381 e. The smallest absolute Gasteiger partial charge is 0.0506 e. The third-order valence-electron chi connectivity index (χ3n) is 2.00. The van der Waals surface area contributed by atoms with E-state index in [0.29, 0.717) is 5.92 Å². The summed E-state index contributed by atoms with van der Waals surface area (Å²) in [5, 5.41) is 3.33. The van der Waals surface area contributed by atoms with E-state index in [4.69, 9.17) is 4.74 Å². The van der Waals surface area contributed by atoms with Gasteiger partial charge in [0.15, 0.2) is 0 Å². The molecule has 0 saturated carbocycles. The van der Waals surface area contributed by atoms with Gasteiger partial charge in [0.1, 0.15) is 0 Å². The zero-order chi connectivity index (χ0) is 8.81. The van der Waals surface area contributed by atoms with E-state index in [1.165, 1.54) is 12.8 Å². The van der Waals surface area contributed by atoms with E-state index in [-0.39, 0.29) is 0 Å². The minimum Gasteiger partial charge on any atom is -0.381 e. The summed E-state index contributed by atoms with van der Waals surface area (Å²) in [7, 11) is 0. The van der Waals surface area contributed by atoms with Crippen LogP contribution >= 0.6 is 15.9 Å². The molecule has 1 aliphatic rings. The van der Waals surface area contributed by atoms with Gasteiger partial charge in [-0.25, -0.2) is 0 Å². The van der Waals surface area contributed by atoms with Crippen molar-refractivity contribution in [3.63, 3.8) is 0 Å². The Morgan fingerprint density at radius 3 is 3.08 bits per heavy atom. The summed E-state index contributed by atoms with van der Waals surface area (Å²) in [6.07, 6.45) is 2.50. The van der Waals surface area contributed by atoms with Gasteiger partial charge in [0, 0.05) is 24.2 Å². The molecule has 1 aliphatic heterocycles. The molecule has 1 atom stereocenters. The Bertz CT molecular complexity index is 143. The Morgan fingerprint density at radius 1 is 1.67 bits per heavy atom. The fourth-order valence-corrected chi connectivity index (χ4v) is 1.58. The number of hydrogen-bond donors (Lipinski definition) is 1. The Morgan fingerprint density at radius 2 is 2.50 bits per heavy atom. The van der Waals surface area contributed by atoms with Crippen LogP contribution in [0, 0.1) is 5.92 Å². The number of hydrogen-bond acceptors (Lipinski definition) is 2. The van der Waals surface area contributed by atoms with Crippen LogP contribution < -0.4 is 5.32 Å². The van der Waals surface area contributed by atoms with Crippen LogP contribution in [0.5, 0.6) is 0 Å². The first kappa shape index (κ1) is 10.2. The van der Waals surface area contributed by atoms with Crippen LogP contribution in [-0.4, -0.2) is 26.3 Å². The van der Waals surface area contributed by atoms with Gasteiger partial charge in [0.05, 0.1) is 6.61 Å². The topological polar surface area (TPSA) is 21.3 Å². The van der Waals surface area contributed by atoms with Crippen LogP contribution in [0.2, 0.25) is 0 Å². The highest BCUT2D eigenvalue weighted by Crippen LogP contribution is 2.12. The van der Waals surface area contributed by atoms with Crippen LogP contribution in [-0.2, 0) is 4.74 Å². The van der Waals surface area contributed by atoms with Crippen LogP contribution in [0.4, 0.5) is 0 Å². The maximum absolute atomic E-state index is 5.37. The summed E-state index contributed by atoms with van der Waals surface area (Å²) in [6.45, 7) is 7.53. The van der Waals surface area contributed by atoms with Crippen molar-refractivity contribution in [1.82, 2.24) is 5.32 Å². The normalized spacial score (nSPS) is 23.9. The van der Waals surface area contributed by atoms with E-state index in [2.05, 4.69) is 27.8 Å². The molecule has 1 heterocycles. The van der Waals surface area contributed by atoms with Crippen LogP contribution in [0.3, 0.4) is 0 Å². The van der Waals surface area contributed by atoms with Gasteiger partial charge in [-0.3, -0.25) is 0 Å². The first-order valence-corrected chi connectivity index (χ1v) is 5.20. The highest BCUT2D eigenvalue weighted by atomic mass is 79.9.